The molecule has 24 heavy (non-hydrogen) atoms. The Morgan fingerprint density at radius 3 is 2.12 bits per heavy atom. The number of hydrogen-bond donors (Lipinski definition) is 0. The van der Waals surface area contributed by atoms with E-state index in [1.807, 2.05) is 0 Å². The first-order valence-corrected chi connectivity index (χ1v) is 6.57. The van der Waals surface area contributed by atoms with Gasteiger partial charge in [0.25, 0.3) is 0 Å². The van der Waals surface area contributed by atoms with Gasteiger partial charge in [-0.3, -0.25) is 0 Å². The largest absolute Gasteiger partial charge is 0.421 e. The van der Waals surface area contributed by atoms with Crippen molar-refractivity contribution in [2.45, 2.75) is 6.92 Å². The van der Waals surface area contributed by atoms with E-state index in [9.17, 15) is 22.4 Å². The van der Waals surface area contributed by atoms with Crippen molar-refractivity contribution in [2.24, 2.45) is 0 Å². The molecule has 0 aliphatic rings. The number of esters is 1. The number of carbonyl (C=O) groups excluding carboxylic acids is 1. The quantitative estimate of drug-likeness (QED) is 0.362. The lowest BCUT2D eigenvalue weighted by molar-refractivity contribution is -0.131. The Labute approximate surface area is 134 Å². The summed E-state index contributed by atoms with van der Waals surface area (Å²) in [5.74, 6) is -8.33. The maximum atomic E-state index is 13.9. The second-order valence-corrected chi connectivity index (χ2v) is 4.76. The summed E-state index contributed by atoms with van der Waals surface area (Å²) in [4.78, 5) is 11.6. The van der Waals surface area contributed by atoms with Crippen LogP contribution in [0.15, 0.2) is 42.2 Å². The van der Waals surface area contributed by atoms with Crippen molar-refractivity contribution in [3.05, 3.63) is 70.5 Å². The molecule has 0 saturated heterocycles. The van der Waals surface area contributed by atoms with Gasteiger partial charge in [-0.2, -0.15) is 9.65 Å². The number of ether oxygens (including phenoxy) is 1. The zero-order chi connectivity index (χ0) is 17.9. The molecule has 0 atom stereocenters. The molecule has 2 aromatic rings. The standard InChI is InChI=1S/C17H9F4NO2/c1-9-2-4-10(5-3-9)15(20)16(21)17(23)24-11-6-13(18)12(8-22)14(19)7-11/h2-7H,1H3. The minimum absolute atomic E-state index is 0.188. The summed E-state index contributed by atoms with van der Waals surface area (Å²) in [7, 11) is 0. The van der Waals surface area contributed by atoms with E-state index < -0.39 is 40.6 Å². The summed E-state index contributed by atoms with van der Waals surface area (Å²) in [5.41, 5.74) is -0.262. The third-order valence-electron chi connectivity index (χ3n) is 3.01. The van der Waals surface area contributed by atoms with E-state index in [1.54, 1.807) is 6.92 Å². The summed E-state index contributed by atoms with van der Waals surface area (Å²) in [6, 6.07) is 7.88. The van der Waals surface area contributed by atoms with E-state index in [0.717, 1.165) is 5.56 Å². The fourth-order valence-corrected chi connectivity index (χ4v) is 1.78. The van der Waals surface area contributed by atoms with Crippen molar-refractivity contribution in [1.29, 1.82) is 5.26 Å². The SMILES string of the molecule is Cc1ccc(C(F)=C(F)C(=O)Oc2cc(F)c(C#N)c(F)c2)cc1. The van der Waals surface area contributed by atoms with E-state index in [1.165, 1.54) is 30.3 Å². The molecule has 122 valence electrons. The number of rotatable bonds is 3. The molecule has 0 bridgehead atoms. The molecule has 2 aromatic carbocycles. The Kier molecular flexibility index (Phi) is 4.99. The topological polar surface area (TPSA) is 50.1 Å². The van der Waals surface area contributed by atoms with Gasteiger partial charge in [-0.1, -0.05) is 29.8 Å². The van der Waals surface area contributed by atoms with E-state index >= 15 is 0 Å². The molecule has 0 spiro atoms. The predicted octanol–water partition coefficient (Wildman–Crippen LogP) is 4.36. The van der Waals surface area contributed by atoms with Crippen LogP contribution >= 0.6 is 0 Å². The summed E-state index contributed by atoms with van der Waals surface area (Å²) in [5, 5.41) is 8.52. The third kappa shape index (κ3) is 3.60. The van der Waals surface area contributed by atoms with E-state index in [4.69, 9.17) is 5.26 Å². The predicted molar refractivity (Wildman–Crippen MR) is 77.0 cm³/mol. The van der Waals surface area contributed by atoms with Crippen LogP contribution in [0.25, 0.3) is 5.83 Å². The van der Waals surface area contributed by atoms with Crippen molar-refractivity contribution in [3.63, 3.8) is 0 Å². The van der Waals surface area contributed by atoms with Gasteiger partial charge in [0.1, 0.15) is 29.0 Å². The highest BCUT2D eigenvalue weighted by atomic mass is 19.2. The molecular formula is C17H9F4NO2. The molecule has 0 amide bonds. The first-order valence-electron chi connectivity index (χ1n) is 6.57. The van der Waals surface area contributed by atoms with Crippen LogP contribution in [0.2, 0.25) is 0 Å². The van der Waals surface area contributed by atoms with E-state index in [0.29, 0.717) is 12.1 Å². The number of halogens is 4. The van der Waals surface area contributed by atoms with Gasteiger partial charge in [0.05, 0.1) is 0 Å². The Hall–Kier alpha value is -3.14. The van der Waals surface area contributed by atoms with Crippen molar-refractivity contribution < 1.29 is 27.1 Å². The van der Waals surface area contributed by atoms with Crippen molar-refractivity contribution >= 4 is 11.8 Å². The molecule has 0 aliphatic carbocycles. The lowest BCUT2D eigenvalue weighted by Crippen LogP contribution is -2.10. The molecule has 0 saturated carbocycles. The van der Waals surface area contributed by atoms with Crippen LogP contribution in [-0.4, -0.2) is 5.97 Å². The first kappa shape index (κ1) is 17.2. The van der Waals surface area contributed by atoms with Gasteiger partial charge >= 0.3 is 5.97 Å². The molecule has 0 N–H and O–H groups in total. The van der Waals surface area contributed by atoms with Crippen LogP contribution < -0.4 is 4.74 Å². The number of nitriles is 1. The number of aryl methyl sites for hydroxylation is 1. The lowest BCUT2D eigenvalue weighted by atomic mass is 10.1. The first-order chi connectivity index (χ1) is 11.3. The lowest BCUT2D eigenvalue weighted by Gasteiger charge is -2.06. The fourth-order valence-electron chi connectivity index (χ4n) is 1.78. The van der Waals surface area contributed by atoms with Crippen LogP contribution in [0.4, 0.5) is 17.6 Å². The second-order valence-electron chi connectivity index (χ2n) is 4.76. The molecule has 0 aliphatic heterocycles. The van der Waals surface area contributed by atoms with Crippen LogP contribution in [0.3, 0.4) is 0 Å². The summed E-state index contributed by atoms with van der Waals surface area (Å²) in [6.07, 6.45) is 0. The maximum Gasteiger partial charge on any atom is 0.375 e. The fraction of sp³-hybridized carbons (Fsp3) is 0.0588. The van der Waals surface area contributed by atoms with Crippen LogP contribution in [0.1, 0.15) is 16.7 Å². The number of hydrogen-bond acceptors (Lipinski definition) is 3. The Morgan fingerprint density at radius 2 is 1.62 bits per heavy atom. The number of nitrogens with zero attached hydrogens (tertiary/aromatic N) is 1. The minimum atomic E-state index is -1.84. The zero-order valence-electron chi connectivity index (χ0n) is 12.2. The van der Waals surface area contributed by atoms with Crippen molar-refractivity contribution in [2.75, 3.05) is 0 Å². The highest BCUT2D eigenvalue weighted by Crippen LogP contribution is 2.25. The molecule has 0 radical (unpaired) electrons. The molecule has 0 heterocycles. The maximum absolute atomic E-state index is 13.9. The van der Waals surface area contributed by atoms with Gasteiger partial charge in [0, 0.05) is 17.7 Å². The average molecular weight is 335 g/mol. The monoisotopic (exact) mass is 335 g/mol. The molecule has 3 nitrogen and oxygen atoms in total. The van der Waals surface area contributed by atoms with E-state index in [2.05, 4.69) is 4.74 Å². The second kappa shape index (κ2) is 6.96. The number of benzene rings is 2. The van der Waals surface area contributed by atoms with Crippen LogP contribution in [-0.2, 0) is 4.79 Å². The summed E-state index contributed by atoms with van der Waals surface area (Å²) in [6.45, 7) is 1.74. The minimum Gasteiger partial charge on any atom is -0.421 e. The van der Waals surface area contributed by atoms with Crippen LogP contribution in [0, 0.1) is 29.9 Å². The Bertz CT molecular complexity index is 844. The van der Waals surface area contributed by atoms with Gasteiger partial charge < -0.3 is 4.74 Å². The Morgan fingerprint density at radius 1 is 1.08 bits per heavy atom. The average Bonchev–Trinajstić information content (AvgIpc) is 2.54. The summed E-state index contributed by atoms with van der Waals surface area (Å²) < 4.78 is 58.9. The van der Waals surface area contributed by atoms with Gasteiger partial charge in [0.15, 0.2) is 5.83 Å². The number of carbonyl (C=O) groups is 1. The highest BCUT2D eigenvalue weighted by Gasteiger charge is 2.21. The van der Waals surface area contributed by atoms with Crippen molar-refractivity contribution in [1.82, 2.24) is 0 Å². The van der Waals surface area contributed by atoms with Gasteiger partial charge in [-0.25, -0.2) is 18.0 Å². The zero-order valence-corrected chi connectivity index (χ0v) is 12.2. The van der Waals surface area contributed by atoms with Crippen molar-refractivity contribution in [3.8, 4) is 11.8 Å². The van der Waals surface area contributed by atoms with Gasteiger partial charge in [-0.15, -0.1) is 0 Å². The summed E-state index contributed by atoms with van der Waals surface area (Å²) >= 11 is 0. The molecule has 7 heteroatoms. The highest BCUT2D eigenvalue weighted by molar-refractivity contribution is 5.94. The normalized spacial score (nSPS) is 11.5. The third-order valence-corrected chi connectivity index (χ3v) is 3.01. The van der Waals surface area contributed by atoms with E-state index in [-0.39, 0.29) is 5.56 Å². The van der Waals surface area contributed by atoms with Crippen LogP contribution in [0.5, 0.6) is 5.75 Å². The molecular weight excluding hydrogens is 326 g/mol. The Balaban J connectivity index is 2.27. The van der Waals surface area contributed by atoms with Gasteiger partial charge in [0.2, 0.25) is 5.83 Å². The molecule has 0 unspecified atom stereocenters. The molecule has 0 aromatic heterocycles. The molecule has 0 fully saturated rings. The van der Waals surface area contributed by atoms with Gasteiger partial charge in [-0.05, 0) is 6.92 Å². The molecule has 2 rings (SSSR count). The smallest absolute Gasteiger partial charge is 0.375 e.